The molecule has 0 fully saturated rings. The number of imidazole rings is 1. The fraction of sp³-hybridized carbons (Fsp3) is 0.200. The van der Waals surface area contributed by atoms with E-state index in [0.29, 0.717) is 10.6 Å². The van der Waals surface area contributed by atoms with Crippen molar-refractivity contribution in [1.82, 2.24) is 15.0 Å². The number of hydrogen-bond acceptors (Lipinski definition) is 6. The van der Waals surface area contributed by atoms with E-state index in [1.54, 1.807) is 12.5 Å². The van der Waals surface area contributed by atoms with Gasteiger partial charge in [0.25, 0.3) is 0 Å². The maximum absolute atomic E-state index is 11.6. The monoisotopic (exact) mass is 392 g/mol. The Kier molecular flexibility index (Phi) is 4.56. The molecule has 28 heavy (non-hydrogen) atoms. The number of H-pyrrole nitrogens is 1. The zero-order valence-corrected chi connectivity index (χ0v) is 16.9. The predicted molar refractivity (Wildman–Crippen MR) is 117 cm³/mol. The van der Waals surface area contributed by atoms with Gasteiger partial charge in [-0.2, -0.15) is 0 Å². The number of carbonyl (C=O) groups excluding carboxylic acids is 1. The first-order valence-electron chi connectivity index (χ1n) is 8.75. The molecule has 8 heteroatoms. The highest BCUT2D eigenvalue weighted by Crippen LogP contribution is 2.40. The number of anilines is 2. The van der Waals surface area contributed by atoms with Gasteiger partial charge in [0.05, 0.1) is 39.0 Å². The molecule has 4 aromatic rings. The van der Waals surface area contributed by atoms with Crippen molar-refractivity contribution in [1.29, 1.82) is 0 Å². The van der Waals surface area contributed by atoms with Crippen molar-refractivity contribution >= 4 is 62.3 Å². The lowest BCUT2D eigenvalue weighted by molar-refractivity contribution is 0.112. The molecule has 1 aromatic carbocycles. The number of aliphatic imine (C=N–C) groups is 1. The van der Waals surface area contributed by atoms with E-state index in [9.17, 15) is 4.79 Å². The average Bonchev–Trinajstić information content (AvgIpc) is 3.23. The zero-order chi connectivity index (χ0) is 19.8. The summed E-state index contributed by atoms with van der Waals surface area (Å²) in [7, 11) is 5.86. The first-order chi connectivity index (χ1) is 13.5. The molecule has 0 atom stereocenters. The third-order valence-electron chi connectivity index (χ3n) is 4.51. The number of nitrogens with one attached hydrogen (secondary N) is 1. The summed E-state index contributed by atoms with van der Waals surface area (Å²) in [6, 6.07) is 7.93. The molecule has 4 rings (SSSR count). The van der Waals surface area contributed by atoms with Gasteiger partial charge in [-0.05, 0) is 31.2 Å². The second kappa shape index (κ2) is 7.05. The van der Waals surface area contributed by atoms with Crippen LogP contribution in [0.2, 0.25) is 0 Å². The van der Waals surface area contributed by atoms with Crippen molar-refractivity contribution < 1.29 is 4.79 Å². The van der Waals surface area contributed by atoms with Crippen molar-refractivity contribution in [3.63, 3.8) is 0 Å². The highest BCUT2D eigenvalue weighted by Gasteiger charge is 2.16. The van der Waals surface area contributed by atoms with Crippen molar-refractivity contribution in [2.45, 2.75) is 6.92 Å². The molecule has 0 aliphatic rings. The van der Waals surface area contributed by atoms with Crippen LogP contribution in [0.4, 0.5) is 17.1 Å². The van der Waals surface area contributed by atoms with Crippen LogP contribution in [0.1, 0.15) is 15.5 Å². The maximum Gasteiger partial charge on any atom is 0.162 e. The second-order valence-corrected chi connectivity index (χ2v) is 7.75. The fourth-order valence-electron chi connectivity index (χ4n) is 3.14. The number of aldehydes is 1. The van der Waals surface area contributed by atoms with Crippen LogP contribution < -0.4 is 9.80 Å². The number of rotatable bonds is 5. The van der Waals surface area contributed by atoms with E-state index in [0.717, 1.165) is 44.7 Å². The van der Waals surface area contributed by atoms with Crippen LogP contribution in [0.25, 0.3) is 21.3 Å². The normalized spacial score (nSPS) is 11.6. The zero-order valence-electron chi connectivity index (χ0n) is 16.1. The molecule has 0 saturated heterocycles. The number of benzene rings is 1. The van der Waals surface area contributed by atoms with Gasteiger partial charge >= 0.3 is 0 Å². The van der Waals surface area contributed by atoms with Crippen LogP contribution in [0.3, 0.4) is 0 Å². The molecule has 3 heterocycles. The van der Waals surface area contributed by atoms with Crippen LogP contribution in [-0.2, 0) is 0 Å². The van der Waals surface area contributed by atoms with E-state index in [-0.39, 0.29) is 0 Å². The minimum atomic E-state index is 0.570. The van der Waals surface area contributed by atoms with Gasteiger partial charge in [-0.25, -0.2) is 15.0 Å². The number of aromatic nitrogens is 3. The summed E-state index contributed by atoms with van der Waals surface area (Å²) >= 11 is 1.36. The number of pyridine rings is 1. The fourth-order valence-corrected chi connectivity index (χ4v) is 4.07. The van der Waals surface area contributed by atoms with E-state index >= 15 is 0 Å². The lowest BCUT2D eigenvalue weighted by atomic mass is 10.2. The van der Waals surface area contributed by atoms with E-state index in [2.05, 4.69) is 19.9 Å². The van der Waals surface area contributed by atoms with Crippen molar-refractivity contribution in [2.24, 2.45) is 4.99 Å². The number of nitrogens with zero attached hydrogens (tertiary/aromatic N) is 5. The SMILES string of the molecule is Cc1nc2ccc(N(C)C=Nc3c(C=O)sc4nccc(N(C)C)c34)cc2[nH]1. The first-order valence-corrected chi connectivity index (χ1v) is 9.57. The quantitative estimate of drug-likeness (QED) is 0.314. The third kappa shape index (κ3) is 3.11. The van der Waals surface area contributed by atoms with Crippen molar-refractivity contribution in [3.05, 3.63) is 41.2 Å². The van der Waals surface area contributed by atoms with Gasteiger partial charge in [-0.15, -0.1) is 11.3 Å². The average molecular weight is 392 g/mol. The second-order valence-electron chi connectivity index (χ2n) is 6.72. The minimum Gasteiger partial charge on any atom is -0.377 e. The molecule has 0 saturated carbocycles. The molecule has 3 aromatic heterocycles. The molecule has 7 nitrogen and oxygen atoms in total. The number of thiophene rings is 1. The minimum absolute atomic E-state index is 0.570. The van der Waals surface area contributed by atoms with Crippen LogP contribution in [-0.4, -0.2) is 48.7 Å². The molecular weight excluding hydrogens is 372 g/mol. The van der Waals surface area contributed by atoms with Crippen molar-refractivity contribution in [3.8, 4) is 0 Å². The number of hydrogen-bond donors (Lipinski definition) is 1. The summed E-state index contributed by atoms with van der Waals surface area (Å²) in [5, 5.41) is 0.892. The number of aromatic amines is 1. The van der Waals surface area contributed by atoms with Gasteiger partial charge in [-0.3, -0.25) is 4.79 Å². The van der Waals surface area contributed by atoms with E-state index in [1.807, 2.05) is 62.1 Å². The molecule has 142 valence electrons. The molecule has 0 radical (unpaired) electrons. The van der Waals surface area contributed by atoms with Crippen LogP contribution in [0.15, 0.2) is 35.5 Å². The third-order valence-corrected chi connectivity index (χ3v) is 5.52. The van der Waals surface area contributed by atoms with Crippen LogP contribution in [0, 0.1) is 6.92 Å². The number of carbonyl (C=O) groups is 1. The van der Waals surface area contributed by atoms with Gasteiger partial charge in [0, 0.05) is 33.0 Å². The summed E-state index contributed by atoms with van der Waals surface area (Å²) in [6.07, 6.45) is 4.33. The Morgan fingerprint density at radius 3 is 2.79 bits per heavy atom. The Labute approximate surface area is 166 Å². The Hall–Kier alpha value is -3.26. The van der Waals surface area contributed by atoms with Gasteiger partial charge in [0.1, 0.15) is 10.7 Å². The summed E-state index contributed by atoms with van der Waals surface area (Å²) in [4.78, 5) is 33.6. The summed E-state index contributed by atoms with van der Waals surface area (Å²) < 4.78 is 0. The number of fused-ring (bicyclic) bond motifs is 2. The lowest BCUT2D eigenvalue weighted by Gasteiger charge is -2.15. The van der Waals surface area contributed by atoms with Gasteiger partial charge in [0.15, 0.2) is 6.29 Å². The molecule has 0 aliphatic carbocycles. The Morgan fingerprint density at radius 2 is 2.04 bits per heavy atom. The van der Waals surface area contributed by atoms with Gasteiger partial charge in [0.2, 0.25) is 0 Å². The molecular formula is C20H20N6OS. The predicted octanol–water partition coefficient (Wildman–Crippen LogP) is 4.16. The molecule has 1 N–H and O–H groups in total. The van der Waals surface area contributed by atoms with Crippen LogP contribution >= 0.6 is 11.3 Å². The van der Waals surface area contributed by atoms with E-state index in [1.165, 1.54) is 11.3 Å². The summed E-state index contributed by atoms with van der Waals surface area (Å²) in [6.45, 7) is 1.93. The highest BCUT2D eigenvalue weighted by molar-refractivity contribution is 7.21. The van der Waals surface area contributed by atoms with Gasteiger partial charge < -0.3 is 14.8 Å². The smallest absolute Gasteiger partial charge is 0.162 e. The maximum atomic E-state index is 11.6. The van der Waals surface area contributed by atoms with E-state index < -0.39 is 0 Å². The van der Waals surface area contributed by atoms with E-state index in [4.69, 9.17) is 0 Å². The lowest BCUT2D eigenvalue weighted by Crippen LogP contribution is -2.13. The summed E-state index contributed by atoms with van der Waals surface area (Å²) in [5.41, 5.74) is 4.51. The molecule has 0 amide bonds. The molecule has 0 spiro atoms. The molecule has 0 aliphatic heterocycles. The highest BCUT2D eigenvalue weighted by atomic mass is 32.1. The van der Waals surface area contributed by atoms with Crippen LogP contribution in [0.5, 0.6) is 0 Å². The topological polar surface area (TPSA) is 77.5 Å². The Bertz CT molecular complexity index is 1210. The van der Waals surface area contributed by atoms with Gasteiger partial charge in [-0.1, -0.05) is 0 Å². The Morgan fingerprint density at radius 1 is 1.21 bits per heavy atom. The largest absolute Gasteiger partial charge is 0.377 e. The summed E-state index contributed by atoms with van der Waals surface area (Å²) in [5.74, 6) is 0.882. The molecule has 0 bridgehead atoms. The molecule has 0 unspecified atom stereocenters. The van der Waals surface area contributed by atoms with Crippen molar-refractivity contribution in [2.75, 3.05) is 30.9 Å². The Balaban J connectivity index is 1.75. The number of aryl methyl sites for hydroxylation is 1. The standard InChI is InChI=1S/C20H20N6OS/c1-12-23-14-6-5-13(9-15(14)24-12)26(4)11-22-19-17(10-27)28-20-18(19)16(25(2)3)7-8-21-20/h5-11H,1-4H3,(H,23,24). The first kappa shape index (κ1) is 18.1.